The zero-order valence-corrected chi connectivity index (χ0v) is 8.95. The summed E-state index contributed by atoms with van der Waals surface area (Å²) in [4.78, 5) is 0. The van der Waals surface area contributed by atoms with Crippen molar-refractivity contribution in [3.63, 3.8) is 0 Å². The van der Waals surface area contributed by atoms with Crippen LogP contribution in [0.3, 0.4) is 0 Å². The molecule has 0 atom stereocenters. The Labute approximate surface area is 85.5 Å². The molecule has 1 N–H and O–H groups in total. The lowest BCUT2D eigenvalue weighted by Crippen LogP contribution is -2.51. The van der Waals surface area contributed by atoms with Crippen molar-refractivity contribution in [2.75, 3.05) is 13.2 Å². The summed E-state index contributed by atoms with van der Waals surface area (Å²) in [5.74, 6) is -0.397. The number of ether oxygens (including phenoxy) is 2. The van der Waals surface area contributed by atoms with Crippen LogP contribution in [-0.2, 0) is 9.47 Å². The minimum atomic E-state index is -0.397. The topological polar surface area (TPSA) is 30.5 Å². The van der Waals surface area contributed by atoms with Gasteiger partial charge >= 0.3 is 0 Å². The lowest BCUT2D eigenvalue weighted by atomic mass is 10.2. The van der Waals surface area contributed by atoms with Gasteiger partial charge in [0.1, 0.15) is 0 Å². The molecule has 3 heteroatoms. The molecule has 0 aromatic carbocycles. The minimum Gasteiger partial charge on any atom is -0.349 e. The van der Waals surface area contributed by atoms with E-state index in [2.05, 4.69) is 17.5 Å². The maximum atomic E-state index is 5.58. The third kappa shape index (κ3) is 2.56. The predicted octanol–water partition coefficient (Wildman–Crippen LogP) is 1.45. The van der Waals surface area contributed by atoms with Gasteiger partial charge in [-0.25, -0.2) is 0 Å². The van der Waals surface area contributed by atoms with Crippen LogP contribution in [0.4, 0.5) is 0 Å². The Kier molecular flexibility index (Phi) is 2.91. The number of hydrogen-bond acceptors (Lipinski definition) is 3. The molecule has 0 spiro atoms. The molecule has 1 aliphatic heterocycles. The van der Waals surface area contributed by atoms with Gasteiger partial charge < -0.3 is 14.8 Å². The van der Waals surface area contributed by atoms with Crippen LogP contribution < -0.4 is 5.32 Å². The Balaban J connectivity index is 1.73. The smallest absolute Gasteiger partial charge is 0.162 e. The average molecular weight is 197 g/mol. The lowest BCUT2D eigenvalue weighted by Gasteiger charge is -2.36. The van der Waals surface area contributed by atoms with E-state index in [1.807, 2.05) is 13.8 Å². The number of rotatable bonds is 2. The van der Waals surface area contributed by atoms with Crippen LogP contribution in [-0.4, -0.2) is 31.1 Å². The normalized spacial score (nSPS) is 28.4. The van der Waals surface area contributed by atoms with Crippen LogP contribution >= 0.6 is 0 Å². The molecule has 80 valence electrons. The molecule has 0 bridgehead atoms. The van der Waals surface area contributed by atoms with E-state index in [4.69, 9.17) is 9.47 Å². The van der Waals surface area contributed by atoms with Gasteiger partial charge in [0.15, 0.2) is 5.79 Å². The molecule has 14 heavy (non-hydrogen) atoms. The highest BCUT2D eigenvalue weighted by molar-refractivity contribution is 4.98. The maximum Gasteiger partial charge on any atom is 0.162 e. The van der Waals surface area contributed by atoms with Crippen molar-refractivity contribution >= 4 is 0 Å². The molecule has 0 unspecified atom stereocenters. The van der Waals surface area contributed by atoms with Gasteiger partial charge in [-0.15, -0.1) is 0 Å². The van der Waals surface area contributed by atoms with Crippen LogP contribution in [0.15, 0.2) is 12.2 Å². The summed E-state index contributed by atoms with van der Waals surface area (Å²) >= 11 is 0. The van der Waals surface area contributed by atoms with E-state index in [1.165, 1.54) is 0 Å². The molecule has 3 nitrogen and oxygen atoms in total. The van der Waals surface area contributed by atoms with Gasteiger partial charge in [0.2, 0.25) is 0 Å². The van der Waals surface area contributed by atoms with E-state index in [1.54, 1.807) is 0 Å². The summed E-state index contributed by atoms with van der Waals surface area (Å²) in [7, 11) is 0. The highest BCUT2D eigenvalue weighted by atomic mass is 16.7. The van der Waals surface area contributed by atoms with E-state index >= 15 is 0 Å². The molecular formula is C11H19NO2. The Bertz CT molecular complexity index is 207. The van der Waals surface area contributed by atoms with Gasteiger partial charge in [0, 0.05) is 6.04 Å². The van der Waals surface area contributed by atoms with Crippen molar-refractivity contribution < 1.29 is 9.47 Å². The van der Waals surface area contributed by atoms with Gasteiger partial charge in [0.25, 0.3) is 0 Å². The summed E-state index contributed by atoms with van der Waals surface area (Å²) in [6.45, 7) is 5.42. The molecule has 0 aromatic rings. The molecular weight excluding hydrogens is 178 g/mol. The summed E-state index contributed by atoms with van der Waals surface area (Å²) in [6.07, 6.45) is 6.73. The van der Waals surface area contributed by atoms with Gasteiger partial charge in [-0.3, -0.25) is 0 Å². The Morgan fingerprint density at radius 1 is 1.07 bits per heavy atom. The van der Waals surface area contributed by atoms with Crippen LogP contribution in [0.25, 0.3) is 0 Å². The molecule has 2 rings (SSSR count). The second-order valence-corrected chi connectivity index (χ2v) is 4.53. The Morgan fingerprint density at radius 2 is 1.64 bits per heavy atom. The fourth-order valence-electron chi connectivity index (χ4n) is 1.88. The Hall–Kier alpha value is -0.380. The number of hydrogen-bond donors (Lipinski definition) is 1. The standard InChI is InChI=1S/C11H19NO2/c1-11(2)13-7-10(8-14-11)12-9-5-3-4-6-9/h3-4,9-10,12H,5-8H2,1-2H3. The fourth-order valence-corrected chi connectivity index (χ4v) is 1.88. The van der Waals surface area contributed by atoms with E-state index in [9.17, 15) is 0 Å². The first-order valence-electron chi connectivity index (χ1n) is 5.35. The van der Waals surface area contributed by atoms with Gasteiger partial charge in [-0.1, -0.05) is 12.2 Å². The summed E-state index contributed by atoms with van der Waals surface area (Å²) in [5, 5.41) is 3.54. The van der Waals surface area contributed by atoms with E-state index < -0.39 is 5.79 Å². The second kappa shape index (κ2) is 4.01. The molecule has 1 heterocycles. The molecule has 1 fully saturated rings. The zero-order chi connectivity index (χ0) is 10.0. The summed E-state index contributed by atoms with van der Waals surface area (Å²) in [6, 6.07) is 0.946. The summed E-state index contributed by atoms with van der Waals surface area (Å²) in [5.41, 5.74) is 0. The van der Waals surface area contributed by atoms with E-state index in [-0.39, 0.29) is 0 Å². The van der Waals surface area contributed by atoms with Gasteiger partial charge in [-0.2, -0.15) is 0 Å². The van der Waals surface area contributed by atoms with E-state index in [0.29, 0.717) is 12.1 Å². The first-order valence-corrected chi connectivity index (χ1v) is 5.35. The van der Waals surface area contributed by atoms with Crippen molar-refractivity contribution in [2.45, 2.75) is 44.6 Å². The van der Waals surface area contributed by atoms with Crippen molar-refractivity contribution in [1.29, 1.82) is 0 Å². The third-order valence-corrected chi connectivity index (χ3v) is 2.74. The van der Waals surface area contributed by atoms with Crippen molar-refractivity contribution in [3.8, 4) is 0 Å². The largest absolute Gasteiger partial charge is 0.349 e. The average Bonchev–Trinajstić information content (AvgIpc) is 2.61. The zero-order valence-electron chi connectivity index (χ0n) is 8.95. The molecule has 1 aliphatic carbocycles. The maximum absolute atomic E-state index is 5.58. The molecule has 0 saturated carbocycles. The highest BCUT2D eigenvalue weighted by Crippen LogP contribution is 2.18. The molecule has 0 aromatic heterocycles. The third-order valence-electron chi connectivity index (χ3n) is 2.74. The molecule has 0 amide bonds. The second-order valence-electron chi connectivity index (χ2n) is 4.53. The molecule has 2 aliphatic rings. The van der Waals surface area contributed by atoms with E-state index in [0.717, 1.165) is 26.1 Å². The Morgan fingerprint density at radius 3 is 2.21 bits per heavy atom. The van der Waals surface area contributed by atoms with Crippen LogP contribution in [0.1, 0.15) is 26.7 Å². The first-order chi connectivity index (χ1) is 6.66. The van der Waals surface area contributed by atoms with Gasteiger partial charge in [-0.05, 0) is 26.7 Å². The van der Waals surface area contributed by atoms with Gasteiger partial charge in [0.05, 0.1) is 19.3 Å². The van der Waals surface area contributed by atoms with Crippen molar-refractivity contribution in [1.82, 2.24) is 5.32 Å². The van der Waals surface area contributed by atoms with Crippen molar-refractivity contribution in [2.24, 2.45) is 0 Å². The monoisotopic (exact) mass is 197 g/mol. The molecule has 1 saturated heterocycles. The SMILES string of the molecule is CC1(C)OCC(NC2CC=CC2)CO1. The first kappa shape index (κ1) is 10.1. The highest BCUT2D eigenvalue weighted by Gasteiger charge is 2.29. The van der Waals surface area contributed by atoms with Crippen molar-refractivity contribution in [3.05, 3.63) is 12.2 Å². The van der Waals surface area contributed by atoms with Crippen LogP contribution in [0.2, 0.25) is 0 Å². The van der Waals surface area contributed by atoms with Crippen LogP contribution in [0, 0.1) is 0 Å². The minimum absolute atomic E-state index is 0.355. The molecule has 0 radical (unpaired) electrons. The quantitative estimate of drug-likeness (QED) is 0.680. The summed E-state index contributed by atoms with van der Waals surface area (Å²) < 4.78 is 11.2. The lowest BCUT2D eigenvalue weighted by molar-refractivity contribution is -0.253. The fraction of sp³-hybridized carbons (Fsp3) is 0.818. The predicted molar refractivity (Wildman–Crippen MR) is 55.1 cm³/mol. The number of nitrogens with one attached hydrogen (secondary N) is 1. The van der Waals surface area contributed by atoms with Crippen LogP contribution in [0.5, 0.6) is 0 Å².